The van der Waals surface area contributed by atoms with Crippen LogP contribution in [0.2, 0.25) is 0 Å². The Bertz CT molecular complexity index is 1030. The molecular formula is C20H22F2N2O4S. The van der Waals surface area contributed by atoms with E-state index in [1.165, 1.54) is 23.5 Å². The smallest absolute Gasteiger partial charge is 0.243 e. The molecule has 1 aliphatic heterocycles. The van der Waals surface area contributed by atoms with Gasteiger partial charge in [0.2, 0.25) is 15.9 Å². The number of benzene rings is 2. The lowest BCUT2D eigenvalue weighted by atomic mass is 9.98. The Morgan fingerprint density at radius 2 is 1.97 bits per heavy atom. The van der Waals surface area contributed by atoms with Crippen LogP contribution < -0.4 is 10.1 Å². The quantitative estimate of drug-likeness (QED) is 0.799. The first kappa shape index (κ1) is 21.2. The third-order valence-corrected chi connectivity index (χ3v) is 6.81. The number of methoxy groups -OCH3 is 1. The van der Waals surface area contributed by atoms with Gasteiger partial charge in [0.1, 0.15) is 17.4 Å². The second-order valence-corrected chi connectivity index (χ2v) is 8.88. The fourth-order valence-corrected chi connectivity index (χ4v) is 4.97. The molecule has 0 spiro atoms. The van der Waals surface area contributed by atoms with E-state index < -0.39 is 33.5 Å². The highest BCUT2D eigenvalue weighted by Gasteiger charge is 2.33. The van der Waals surface area contributed by atoms with E-state index in [9.17, 15) is 22.0 Å². The minimum atomic E-state index is -3.79. The third-order valence-electron chi connectivity index (χ3n) is 4.95. The molecule has 0 bridgehead atoms. The minimum absolute atomic E-state index is 0.0118. The van der Waals surface area contributed by atoms with Crippen molar-refractivity contribution < 1.29 is 26.7 Å². The highest BCUT2D eigenvalue weighted by atomic mass is 32.2. The summed E-state index contributed by atoms with van der Waals surface area (Å²) in [6.45, 7) is 2.03. The number of anilines is 1. The maximum atomic E-state index is 13.8. The minimum Gasteiger partial charge on any atom is -0.496 e. The average Bonchev–Trinajstić information content (AvgIpc) is 2.70. The summed E-state index contributed by atoms with van der Waals surface area (Å²) in [7, 11) is -2.28. The Morgan fingerprint density at radius 3 is 2.62 bits per heavy atom. The summed E-state index contributed by atoms with van der Waals surface area (Å²) in [4.78, 5) is 12.7. The normalized spacial score (nSPS) is 17.7. The maximum Gasteiger partial charge on any atom is 0.243 e. The molecule has 2 aromatic carbocycles. The van der Waals surface area contributed by atoms with Crippen molar-refractivity contribution in [2.24, 2.45) is 5.92 Å². The lowest BCUT2D eigenvalue weighted by molar-refractivity contribution is -0.120. The number of aryl methyl sites for hydroxylation is 1. The maximum absolute atomic E-state index is 13.8. The average molecular weight is 424 g/mol. The van der Waals surface area contributed by atoms with Gasteiger partial charge in [0.15, 0.2) is 0 Å². The van der Waals surface area contributed by atoms with Crippen molar-refractivity contribution in [3.8, 4) is 5.75 Å². The van der Waals surface area contributed by atoms with Crippen LogP contribution in [0.1, 0.15) is 18.4 Å². The zero-order valence-corrected chi connectivity index (χ0v) is 16.9. The lowest BCUT2D eigenvalue weighted by Crippen LogP contribution is -2.43. The second-order valence-electron chi connectivity index (χ2n) is 6.95. The van der Waals surface area contributed by atoms with E-state index in [1.807, 2.05) is 0 Å². The predicted octanol–water partition coefficient (Wildman–Crippen LogP) is 3.32. The van der Waals surface area contributed by atoms with Crippen LogP contribution in [0.15, 0.2) is 41.3 Å². The molecule has 0 radical (unpaired) electrons. The molecule has 0 saturated carbocycles. The highest BCUT2D eigenvalue weighted by Crippen LogP contribution is 2.28. The number of nitrogens with one attached hydrogen (secondary N) is 1. The van der Waals surface area contributed by atoms with Gasteiger partial charge in [0.05, 0.1) is 23.6 Å². The fourth-order valence-electron chi connectivity index (χ4n) is 3.36. The number of nitrogens with zero attached hydrogens (tertiary/aromatic N) is 1. The Labute approximate surface area is 168 Å². The first-order chi connectivity index (χ1) is 13.7. The summed E-state index contributed by atoms with van der Waals surface area (Å²) >= 11 is 0. The molecule has 1 N–H and O–H groups in total. The van der Waals surface area contributed by atoms with Crippen molar-refractivity contribution in [1.82, 2.24) is 4.31 Å². The summed E-state index contributed by atoms with van der Waals surface area (Å²) in [5.74, 6) is -2.18. The summed E-state index contributed by atoms with van der Waals surface area (Å²) in [6.07, 6.45) is 0.973. The molecule has 1 atom stereocenters. The van der Waals surface area contributed by atoms with Crippen molar-refractivity contribution >= 4 is 21.6 Å². The van der Waals surface area contributed by atoms with Crippen LogP contribution in [0.5, 0.6) is 5.75 Å². The molecule has 9 heteroatoms. The topological polar surface area (TPSA) is 75.7 Å². The van der Waals surface area contributed by atoms with Crippen LogP contribution in [0.3, 0.4) is 0 Å². The molecule has 1 amide bonds. The molecule has 3 rings (SSSR count). The van der Waals surface area contributed by atoms with E-state index in [0.29, 0.717) is 36.8 Å². The fraction of sp³-hybridized carbons (Fsp3) is 0.350. The standard InChI is InChI=1S/C20H22F2N2O4S/c1-13-10-16(6-8-19(13)28-2)29(26,27)24-9-3-4-14(12-24)20(25)23-18-7-5-15(21)11-17(18)22/h5-8,10-11,14H,3-4,9,12H2,1-2H3,(H,23,25)/t14-/m0/s1. The van der Waals surface area contributed by atoms with Crippen molar-refractivity contribution in [1.29, 1.82) is 0 Å². The summed E-state index contributed by atoms with van der Waals surface area (Å²) in [5.41, 5.74) is 0.550. The number of amides is 1. The van der Waals surface area contributed by atoms with E-state index >= 15 is 0 Å². The third kappa shape index (κ3) is 4.56. The van der Waals surface area contributed by atoms with Gasteiger partial charge in [0, 0.05) is 19.2 Å². The molecule has 0 unspecified atom stereocenters. The zero-order chi connectivity index (χ0) is 21.2. The molecule has 1 saturated heterocycles. The SMILES string of the molecule is COc1ccc(S(=O)(=O)N2CCC[C@H](C(=O)Nc3ccc(F)cc3F)C2)cc1C. The predicted molar refractivity (Wildman–Crippen MR) is 104 cm³/mol. The molecule has 156 valence electrons. The van der Waals surface area contributed by atoms with Gasteiger partial charge in [-0.3, -0.25) is 4.79 Å². The summed E-state index contributed by atoms with van der Waals surface area (Å²) < 4.78 is 59.3. The van der Waals surface area contributed by atoms with Crippen LogP contribution in [0.25, 0.3) is 0 Å². The molecule has 29 heavy (non-hydrogen) atoms. The largest absolute Gasteiger partial charge is 0.496 e. The van der Waals surface area contributed by atoms with Gasteiger partial charge in [-0.15, -0.1) is 0 Å². The number of carbonyl (C=O) groups excluding carboxylic acids is 1. The monoisotopic (exact) mass is 424 g/mol. The van der Waals surface area contributed by atoms with E-state index in [4.69, 9.17) is 4.74 Å². The van der Waals surface area contributed by atoms with Gasteiger partial charge in [-0.05, 0) is 55.7 Å². The van der Waals surface area contributed by atoms with Crippen molar-refractivity contribution in [2.45, 2.75) is 24.7 Å². The summed E-state index contributed by atoms with van der Waals surface area (Å²) in [6, 6.07) is 7.46. The second kappa shape index (κ2) is 8.46. The number of ether oxygens (including phenoxy) is 1. The van der Waals surface area contributed by atoms with Crippen LogP contribution in [0, 0.1) is 24.5 Å². The Balaban J connectivity index is 1.75. The van der Waals surface area contributed by atoms with Crippen LogP contribution in [-0.2, 0) is 14.8 Å². The molecule has 1 heterocycles. The number of hydrogen-bond acceptors (Lipinski definition) is 4. The van der Waals surface area contributed by atoms with Gasteiger partial charge >= 0.3 is 0 Å². The van der Waals surface area contributed by atoms with Gasteiger partial charge in [-0.25, -0.2) is 17.2 Å². The van der Waals surface area contributed by atoms with E-state index in [2.05, 4.69) is 5.32 Å². The molecule has 0 aliphatic carbocycles. The number of halogens is 2. The van der Waals surface area contributed by atoms with Crippen LogP contribution in [-0.4, -0.2) is 38.8 Å². The molecule has 1 fully saturated rings. The highest BCUT2D eigenvalue weighted by molar-refractivity contribution is 7.89. The molecule has 6 nitrogen and oxygen atoms in total. The van der Waals surface area contributed by atoms with E-state index in [1.54, 1.807) is 13.0 Å². The summed E-state index contributed by atoms with van der Waals surface area (Å²) in [5, 5.41) is 2.42. The Morgan fingerprint density at radius 1 is 1.21 bits per heavy atom. The number of rotatable bonds is 5. The molecular weight excluding hydrogens is 402 g/mol. The molecule has 1 aliphatic rings. The van der Waals surface area contributed by atoms with Gasteiger partial charge < -0.3 is 10.1 Å². The Kier molecular flexibility index (Phi) is 6.18. The number of carbonyl (C=O) groups is 1. The lowest BCUT2D eigenvalue weighted by Gasteiger charge is -2.31. The van der Waals surface area contributed by atoms with Crippen LogP contribution in [0.4, 0.5) is 14.5 Å². The number of piperidine rings is 1. The van der Waals surface area contributed by atoms with Crippen LogP contribution >= 0.6 is 0 Å². The van der Waals surface area contributed by atoms with Gasteiger partial charge in [0.25, 0.3) is 0 Å². The zero-order valence-electron chi connectivity index (χ0n) is 16.1. The first-order valence-electron chi connectivity index (χ1n) is 9.13. The first-order valence-corrected chi connectivity index (χ1v) is 10.6. The van der Waals surface area contributed by atoms with Crippen molar-refractivity contribution in [2.75, 3.05) is 25.5 Å². The van der Waals surface area contributed by atoms with Gasteiger partial charge in [-0.1, -0.05) is 0 Å². The van der Waals surface area contributed by atoms with Crippen molar-refractivity contribution in [3.63, 3.8) is 0 Å². The Hall–Kier alpha value is -2.52. The number of sulfonamides is 1. The molecule has 2 aromatic rings. The molecule has 0 aromatic heterocycles. The van der Waals surface area contributed by atoms with Gasteiger partial charge in [-0.2, -0.15) is 4.31 Å². The van der Waals surface area contributed by atoms with E-state index in [0.717, 1.165) is 12.1 Å². The van der Waals surface area contributed by atoms with Crippen molar-refractivity contribution in [3.05, 3.63) is 53.6 Å². The number of hydrogen-bond donors (Lipinski definition) is 1. The van der Waals surface area contributed by atoms with E-state index in [-0.39, 0.29) is 17.1 Å².